The Hall–Kier alpha value is -3.00. The second-order valence-corrected chi connectivity index (χ2v) is 5.40. The van der Waals surface area contributed by atoms with Crippen molar-refractivity contribution in [1.29, 1.82) is 0 Å². The lowest BCUT2D eigenvalue weighted by Gasteiger charge is -2.10. The van der Waals surface area contributed by atoms with Crippen molar-refractivity contribution in [1.82, 2.24) is 15.6 Å². The molecule has 25 heavy (non-hydrogen) atoms. The smallest absolute Gasteiger partial charge is 0.273 e. The third kappa shape index (κ3) is 3.43. The molecule has 3 aromatic rings. The average Bonchev–Trinajstić information content (AvgIpc) is 3.09. The summed E-state index contributed by atoms with van der Waals surface area (Å²) in [6.45, 7) is 0. The van der Waals surface area contributed by atoms with Crippen molar-refractivity contribution in [2.75, 3.05) is 5.43 Å². The number of anilines is 1. The number of nitrogens with one attached hydrogen (secondary N) is 3. The molecule has 0 aliphatic rings. The van der Waals surface area contributed by atoms with Gasteiger partial charge in [-0.2, -0.15) is 5.10 Å². The Morgan fingerprint density at radius 1 is 1.04 bits per heavy atom. The normalized spacial score (nSPS) is 10.6. The van der Waals surface area contributed by atoms with Crippen LogP contribution in [0, 0.1) is 17.5 Å². The Morgan fingerprint density at radius 2 is 1.76 bits per heavy atom. The Labute approximate surface area is 144 Å². The molecular weight excluding hydrogens is 357 g/mol. The van der Waals surface area contributed by atoms with Crippen molar-refractivity contribution in [3.05, 3.63) is 70.6 Å². The highest BCUT2D eigenvalue weighted by Gasteiger charge is 2.17. The predicted molar refractivity (Wildman–Crippen MR) is 86.4 cm³/mol. The molecule has 0 bridgehead atoms. The van der Waals surface area contributed by atoms with E-state index in [-0.39, 0.29) is 5.56 Å². The third-order valence-electron chi connectivity index (χ3n) is 3.36. The molecule has 0 atom stereocenters. The lowest BCUT2D eigenvalue weighted by molar-refractivity contribution is 0.0963. The summed E-state index contributed by atoms with van der Waals surface area (Å²) in [7, 11) is 0. The second-order valence-electron chi connectivity index (χ2n) is 4.97. The van der Waals surface area contributed by atoms with Gasteiger partial charge in [-0.15, -0.1) is 0 Å². The number of aromatic nitrogens is 2. The molecule has 1 aromatic heterocycles. The Bertz CT molecular complexity index is 928. The van der Waals surface area contributed by atoms with Crippen molar-refractivity contribution in [3.8, 4) is 11.3 Å². The summed E-state index contributed by atoms with van der Waals surface area (Å²) in [5.41, 5.74) is 5.25. The van der Waals surface area contributed by atoms with Crippen LogP contribution in [0.3, 0.4) is 0 Å². The van der Waals surface area contributed by atoms with Gasteiger partial charge in [0.25, 0.3) is 5.91 Å². The van der Waals surface area contributed by atoms with E-state index in [9.17, 15) is 18.0 Å². The number of carbonyl (C=O) groups excluding carboxylic acids is 1. The van der Waals surface area contributed by atoms with Crippen LogP contribution in [0.5, 0.6) is 0 Å². The molecule has 1 heterocycles. The van der Waals surface area contributed by atoms with Crippen LogP contribution in [0.1, 0.15) is 10.4 Å². The molecule has 0 fully saturated rings. The highest BCUT2D eigenvalue weighted by atomic mass is 35.5. The fraction of sp³-hybridized carbons (Fsp3) is 0. The van der Waals surface area contributed by atoms with Crippen molar-refractivity contribution in [2.24, 2.45) is 0 Å². The number of rotatable bonds is 4. The van der Waals surface area contributed by atoms with Gasteiger partial charge < -0.3 is 0 Å². The summed E-state index contributed by atoms with van der Waals surface area (Å²) in [5, 5.41) is 7.03. The van der Waals surface area contributed by atoms with Gasteiger partial charge in [0.05, 0.1) is 23.1 Å². The van der Waals surface area contributed by atoms with Gasteiger partial charge in [-0.05, 0) is 24.3 Å². The minimum Gasteiger partial charge on any atom is -0.295 e. The van der Waals surface area contributed by atoms with Gasteiger partial charge in [-0.1, -0.05) is 23.7 Å². The van der Waals surface area contributed by atoms with Crippen LogP contribution in [0.25, 0.3) is 11.3 Å². The number of hydrogen-bond acceptors (Lipinski definition) is 3. The van der Waals surface area contributed by atoms with E-state index in [0.29, 0.717) is 16.3 Å². The largest absolute Gasteiger partial charge is 0.295 e. The first-order chi connectivity index (χ1) is 12.0. The number of hydrazine groups is 1. The number of hydrogen-bond donors (Lipinski definition) is 3. The van der Waals surface area contributed by atoms with Gasteiger partial charge in [-0.25, -0.2) is 13.2 Å². The minimum absolute atomic E-state index is 0.165. The molecule has 0 radical (unpaired) electrons. The van der Waals surface area contributed by atoms with Crippen LogP contribution < -0.4 is 10.9 Å². The minimum atomic E-state index is -1.63. The molecule has 0 aliphatic heterocycles. The molecule has 2 aromatic carbocycles. The maximum atomic E-state index is 13.6. The average molecular weight is 367 g/mol. The monoisotopic (exact) mass is 366 g/mol. The molecule has 3 N–H and O–H groups in total. The molecule has 3 rings (SSSR count). The van der Waals surface area contributed by atoms with Crippen molar-refractivity contribution in [2.45, 2.75) is 0 Å². The first kappa shape index (κ1) is 16.8. The van der Waals surface area contributed by atoms with Crippen LogP contribution in [0.2, 0.25) is 5.02 Å². The molecule has 0 aliphatic carbocycles. The summed E-state index contributed by atoms with van der Waals surface area (Å²) in [5.74, 6) is -5.05. The standard InChI is InChI=1S/C16H10ClF3N4O/c17-9-3-1-8(2-4-9)15-10(7-21-23-15)16(25)24-22-12-6-5-11(18)13(19)14(12)20/h1-7,22H,(H,21,23)(H,24,25). The predicted octanol–water partition coefficient (Wildman–Crippen LogP) is 3.90. The zero-order valence-electron chi connectivity index (χ0n) is 12.4. The van der Waals surface area contributed by atoms with Gasteiger partial charge in [0.2, 0.25) is 0 Å². The maximum Gasteiger partial charge on any atom is 0.273 e. The van der Waals surface area contributed by atoms with Crippen LogP contribution >= 0.6 is 11.6 Å². The topological polar surface area (TPSA) is 69.8 Å². The van der Waals surface area contributed by atoms with Gasteiger partial charge in [0, 0.05) is 10.6 Å². The van der Waals surface area contributed by atoms with Gasteiger partial charge in [0.15, 0.2) is 17.5 Å². The zero-order valence-corrected chi connectivity index (χ0v) is 13.2. The number of nitrogens with zero attached hydrogens (tertiary/aromatic N) is 1. The van der Waals surface area contributed by atoms with Gasteiger partial charge >= 0.3 is 0 Å². The van der Waals surface area contributed by atoms with E-state index < -0.39 is 29.0 Å². The summed E-state index contributed by atoms with van der Waals surface area (Å²) in [6.07, 6.45) is 1.28. The van der Waals surface area contributed by atoms with E-state index in [4.69, 9.17) is 11.6 Å². The number of amides is 1. The molecule has 1 amide bonds. The SMILES string of the molecule is O=C(NNc1ccc(F)c(F)c1F)c1cn[nH]c1-c1ccc(Cl)cc1. The Morgan fingerprint density at radius 3 is 2.48 bits per heavy atom. The van der Waals surface area contributed by atoms with E-state index in [1.807, 2.05) is 0 Å². The van der Waals surface area contributed by atoms with E-state index in [1.165, 1.54) is 6.20 Å². The van der Waals surface area contributed by atoms with Crippen LogP contribution in [0.15, 0.2) is 42.6 Å². The molecule has 5 nitrogen and oxygen atoms in total. The zero-order chi connectivity index (χ0) is 18.0. The summed E-state index contributed by atoms with van der Waals surface area (Å²) >= 11 is 5.82. The second kappa shape index (κ2) is 6.86. The fourth-order valence-electron chi connectivity index (χ4n) is 2.11. The number of halogens is 4. The maximum absolute atomic E-state index is 13.6. The van der Waals surface area contributed by atoms with Crippen LogP contribution in [-0.4, -0.2) is 16.1 Å². The first-order valence-electron chi connectivity index (χ1n) is 6.96. The molecule has 128 valence electrons. The van der Waals surface area contributed by atoms with Gasteiger partial charge in [-0.3, -0.25) is 20.7 Å². The van der Waals surface area contributed by atoms with E-state index >= 15 is 0 Å². The molecule has 0 saturated heterocycles. The van der Waals surface area contributed by atoms with E-state index in [1.54, 1.807) is 24.3 Å². The summed E-state index contributed by atoms with van der Waals surface area (Å²) in [4.78, 5) is 12.3. The molecule has 9 heteroatoms. The van der Waals surface area contributed by atoms with Crippen LogP contribution in [-0.2, 0) is 0 Å². The number of aromatic amines is 1. The van der Waals surface area contributed by atoms with Crippen molar-refractivity contribution < 1.29 is 18.0 Å². The molecule has 0 spiro atoms. The summed E-state index contributed by atoms with van der Waals surface area (Å²) in [6, 6.07) is 8.38. The number of carbonyl (C=O) groups is 1. The Kier molecular flexibility index (Phi) is 4.62. The Balaban J connectivity index is 1.78. The number of benzene rings is 2. The summed E-state index contributed by atoms with van der Waals surface area (Å²) < 4.78 is 39.7. The third-order valence-corrected chi connectivity index (χ3v) is 3.61. The van der Waals surface area contributed by atoms with Gasteiger partial charge in [0.1, 0.15) is 0 Å². The highest BCUT2D eigenvalue weighted by Crippen LogP contribution is 2.23. The van der Waals surface area contributed by atoms with E-state index in [2.05, 4.69) is 21.0 Å². The fourth-order valence-corrected chi connectivity index (χ4v) is 2.23. The van der Waals surface area contributed by atoms with Crippen molar-refractivity contribution >= 4 is 23.2 Å². The molecule has 0 saturated carbocycles. The molecule has 0 unspecified atom stereocenters. The van der Waals surface area contributed by atoms with E-state index in [0.717, 1.165) is 12.1 Å². The quantitative estimate of drug-likeness (QED) is 0.484. The van der Waals surface area contributed by atoms with Crippen LogP contribution in [0.4, 0.5) is 18.9 Å². The molecular formula is C16H10ClF3N4O. The van der Waals surface area contributed by atoms with Crippen molar-refractivity contribution in [3.63, 3.8) is 0 Å². The highest BCUT2D eigenvalue weighted by molar-refractivity contribution is 6.30. The lowest BCUT2D eigenvalue weighted by Crippen LogP contribution is -2.30. The first-order valence-corrected chi connectivity index (χ1v) is 7.34. The lowest BCUT2D eigenvalue weighted by atomic mass is 10.1. The number of H-pyrrole nitrogens is 1.